The molecule has 1 N–H and O–H groups in total. The molecule has 0 aromatic heterocycles. The minimum absolute atomic E-state index is 0.0268. The van der Waals surface area contributed by atoms with E-state index in [4.69, 9.17) is 4.55 Å². The molecule has 0 unspecified atom stereocenters. The minimum Gasteiger partial charge on any atom is -0.282 e. The van der Waals surface area contributed by atoms with Crippen molar-refractivity contribution in [3.05, 3.63) is 50.6 Å². The highest BCUT2D eigenvalue weighted by molar-refractivity contribution is 7.85. The molecule has 0 heterocycles. The predicted molar refractivity (Wildman–Crippen MR) is 67.1 cm³/mol. The van der Waals surface area contributed by atoms with E-state index in [9.17, 15) is 28.6 Å². The first kappa shape index (κ1) is 13.8. The fourth-order valence-electron chi connectivity index (χ4n) is 1.80. The van der Waals surface area contributed by atoms with Gasteiger partial charge in [0.2, 0.25) is 0 Å². The lowest BCUT2D eigenvalue weighted by Gasteiger charge is -2.03. The number of nitro benzene ring substituents is 2. The van der Waals surface area contributed by atoms with Crippen LogP contribution in [0.1, 0.15) is 0 Å². The van der Waals surface area contributed by atoms with Crippen LogP contribution < -0.4 is 0 Å². The van der Waals surface area contributed by atoms with Gasteiger partial charge in [-0.3, -0.25) is 24.8 Å². The van der Waals surface area contributed by atoms with Crippen LogP contribution in [0.2, 0.25) is 0 Å². The number of fused-ring (bicyclic) bond motifs is 1. The summed E-state index contributed by atoms with van der Waals surface area (Å²) in [6.45, 7) is 0. The molecule has 0 bridgehead atoms. The molecular formula is C10H6N2O7S. The van der Waals surface area contributed by atoms with Crippen LogP contribution in [-0.4, -0.2) is 22.8 Å². The SMILES string of the molecule is O=[N+]([O-])c1cccc2cc(S(=O)(=O)O)cc([N+](=O)[O-])c12. The maximum Gasteiger partial charge on any atom is 0.294 e. The number of non-ortho nitro benzene ring substituents is 2. The number of nitro groups is 2. The molecule has 0 spiro atoms. The fraction of sp³-hybridized carbons (Fsp3) is 0. The van der Waals surface area contributed by atoms with E-state index >= 15 is 0 Å². The normalized spacial score (nSPS) is 11.4. The summed E-state index contributed by atoms with van der Waals surface area (Å²) in [4.78, 5) is 19.4. The summed E-state index contributed by atoms with van der Waals surface area (Å²) in [5, 5.41) is 21.5. The van der Waals surface area contributed by atoms with E-state index in [1.807, 2.05) is 0 Å². The van der Waals surface area contributed by atoms with Gasteiger partial charge in [0, 0.05) is 12.1 Å². The van der Waals surface area contributed by atoms with Crippen molar-refractivity contribution in [1.29, 1.82) is 0 Å². The first-order valence-corrected chi connectivity index (χ1v) is 6.49. The molecule has 0 aliphatic carbocycles. The van der Waals surface area contributed by atoms with E-state index in [1.54, 1.807) is 0 Å². The van der Waals surface area contributed by atoms with E-state index in [1.165, 1.54) is 12.1 Å². The summed E-state index contributed by atoms with van der Waals surface area (Å²) in [7, 11) is -4.66. The fourth-order valence-corrected chi connectivity index (χ4v) is 2.34. The standard InChI is InChI=1S/C10H6N2O7S/c13-11(14)8-3-1-2-6-4-7(20(17,18)19)5-9(10(6)8)12(15)16/h1-5H,(H,17,18,19). The van der Waals surface area contributed by atoms with Gasteiger partial charge in [-0.2, -0.15) is 8.42 Å². The lowest BCUT2D eigenvalue weighted by atomic mass is 10.1. The van der Waals surface area contributed by atoms with E-state index in [0.29, 0.717) is 6.07 Å². The molecule has 0 aliphatic heterocycles. The zero-order valence-electron chi connectivity index (χ0n) is 9.59. The van der Waals surface area contributed by atoms with Crippen LogP contribution in [0.3, 0.4) is 0 Å². The van der Waals surface area contributed by atoms with Gasteiger partial charge >= 0.3 is 0 Å². The van der Waals surface area contributed by atoms with Crippen LogP contribution in [-0.2, 0) is 10.1 Å². The number of benzene rings is 2. The Hall–Kier alpha value is -2.59. The van der Waals surface area contributed by atoms with E-state index in [2.05, 4.69) is 0 Å². The van der Waals surface area contributed by atoms with Gasteiger partial charge in [-0.1, -0.05) is 12.1 Å². The lowest BCUT2D eigenvalue weighted by molar-refractivity contribution is -0.390. The van der Waals surface area contributed by atoms with Crippen LogP contribution >= 0.6 is 0 Å². The Kier molecular flexibility index (Phi) is 3.12. The Bertz CT molecular complexity index is 844. The number of hydrogen-bond acceptors (Lipinski definition) is 6. The Morgan fingerprint density at radius 2 is 1.60 bits per heavy atom. The zero-order valence-corrected chi connectivity index (χ0v) is 10.4. The summed E-state index contributed by atoms with van der Waals surface area (Å²) in [5.41, 5.74) is -1.28. The zero-order chi connectivity index (χ0) is 15.1. The van der Waals surface area contributed by atoms with Crippen LogP contribution in [0, 0.1) is 20.2 Å². The van der Waals surface area contributed by atoms with Gasteiger partial charge < -0.3 is 0 Å². The molecule has 0 fully saturated rings. The second kappa shape index (κ2) is 4.51. The molecule has 20 heavy (non-hydrogen) atoms. The van der Waals surface area contributed by atoms with Gasteiger partial charge in [-0.15, -0.1) is 0 Å². The Labute approximate surface area is 111 Å². The summed E-state index contributed by atoms with van der Waals surface area (Å²) < 4.78 is 31.1. The van der Waals surface area contributed by atoms with Gasteiger partial charge in [0.1, 0.15) is 10.3 Å². The molecular weight excluding hydrogens is 292 g/mol. The average Bonchev–Trinajstić information content (AvgIpc) is 2.35. The molecule has 0 radical (unpaired) electrons. The predicted octanol–water partition coefficient (Wildman–Crippen LogP) is 1.90. The minimum atomic E-state index is -4.66. The Morgan fingerprint density at radius 1 is 1.00 bits per heavy atom. The van der Waals surface area contributed by atoms with Gasteiger partial charge in [0.25, 0.3) is 21.5 Å². The van der Waals surface area contributed by atoms with Crippen LogP contribution in [0.4, 0.5) is 11.4 Å². The summed E-state index contributed by atoms with van der Waals surface area (Å²) >= 11 is 0. The van der Waals surface area contributed by atoms with Crippen molar-refractivity contribution in [3.8, 4) is 0 Å². The maximum atomic E-state index is 11.1. The monoisotopic (exact) mass is 298 g/mol. The summed E-state index contributed by atoms with van der Waals surface area (Å²) in [6.07, 6.45) is 0. The first-order valence-electron chi connectivity index (χ1n) is 5.05. The Balaban J connectivity index is 3.01. The maximum absolute atomic E-state index is 11.1. The second-order valence-corrected chi connectivity index (χ2v) is 5.23. The molecule has 0 saturated carbocycles. The van der Waals surface area contributed by atoms with Gasteiger partial charge in [-0.05, 0) is 11.5 Å². The summed E-state index contributed by atoms with van der Waals surface area (Å²) in [6, 6.07) is 5.14. The van der Waals surface area contributed by atoms with Crippen LogP contribution in [0.25, 0.3) is 10.8 Å². The molecule has 0 saturated heterocycles. The quantitative estimate of drug-likeness (QED) is 0.518. The van der Waals surface area contributed by atoms with Gasteiger partial charge in [0.05, 0.1) is 9.85 Å². The highest BCUT2D eigenvalue weighted by Crippen LogP contribution is 2.35. The van der Waals surface area contributed by atoms with E-state index < -0.39 is 36.2 Å². The first-order chi connectivity index (χ1) is 9.21. The van der Waals surface area contributed by atoms with Crippen molar-refractivity contribution in [1.82, 2.24) is 0 Å². The lowest BCUT2D eigenvalue weighted by Crippen LogP contribution is -2.01. The highest BCUT2D eigenvalue weighted by atomic mass is 32.2. The third-order valence-electron chi connectivity index (χ3n) is 2.60. The third kappa shape index (κ3) is 2.29. The number of rotatable bonds is 3. The molecule has 104 valence electrons. The molecule has 2 aromatic rings. The number of hydrogen-bond donors (Lipinski definition) is 1. The van der Waals surface area contributed by atoms with Crippen molar-refractivity contribution < 1.29 is 22.8 Å². The molecule has 10 heteroatoms. The van der Waals surface area contributed by atoms with Crippen molar-refractivity contribution >= 4 is 32.3 Å². The van der Waals surface area contributed by atoms with Crippen molar-refractivity contribution in [3.63, 3.8) is 0 Å². The van der Waals surface area contributed by atoms with Crippen molar-refractivity contribution in [2.45, 2.75) is 4.90 Å². The topological polar surface area (TPSA) is 141 Å². The van der Waals surface area contributed by atoms with Gasteiger partial charge in [0.15, 0.2) is 0 Å². The van der Waals surface area contributed by atoms with E-state index in [-0.39, 0.29) is 10.8 Å². The molecule has 0 amide bonds. The second-order valence-electron chi connectivity index (χ2n) is 3.81. The van der Waals surface area contributed by atoms with Crippen molar-refractivity contribution in [2.24, 2.45) is 0 Å². The van der Waals surface area contributed by atoms with E-state index in [0.717, 1.165) is 12.1 Å². The Morgan fingerprint density at radius 3 is 2.10 bits per heavy atom. The molecule has 2 rings (SSSR count). The molecule has 0 aliphatic rings. The molecule has 0 atom stereocenters. The third-order valence-corrected chi connectivity index (χ3v) is 3.43. The van der Waals surface area contributed by atoms with Crippen LogP contribution in [0.15, 0.2) is 35.2 Å². The smallest absolute Gasteiger partial charge is 0.282 e. The highest BCUT2D eigenvalue weighted by Gasteiger charge is 2.25. The molecule has 2 aromatic carbocycles. The average molecular weight is 298 g/mol. The van der Waals surface area contributed by atoms with Gasteiger partial charge in [-0.25, -0.2) is 0 Å². The summed E-state index contributed by atoms with van der Waals surface area (Å²) in [5.74, 6) is 0. The van der Waals surface area contributed by atoms with Crippen LogP contribution in [0.5, 0.6) is 0 Å². The largest absolute Gasteiger partial charge is 0.294 e. The molecule has 9 nitrogen and oxygen atoms in total. The van der Waals surface area contributed by atoms with Crippen molar-refractivity contribution in [2.75, 3.05) is 0 Å². The number of nitrogens with zero attached hydrogens (tertiary/aromatic N) is 2.